The predicted octanol–water partition coefficient (Wildman–Crippen LogP) is 2.10. The molecule has 1 aliphatic heterocycles. The zero-order valence-electron chi connectivity index (χ0n) is 9.77. The SMILES string of the molecule is CCc1nn(C)cc1C1=NOC(C(C)Cl)C1. The lowest BCUT2D eigenvalue weighted by atomic mass is 10.0. The Morgan fingerprint density at radius 2 is 2.44 bits per heavy atom. The van der Waals surface area contributed by atoms with E-state index in [9.17, 15) is 0 Å². The molecule has 2 unspecified atom stereocenters. The number of aryl methyl sites for hydroxylation is 2. The van der Waals surface area contributed by atoms with Crippen molar-refractivity contribution in [2.24, 2.45) is 12.2 Å². The topological polar surface area (TPSA) is 39.4 Å². The van der Waals surface area contributed by atoms with Crippen molar-refractivity contribution in [1.82, 2.24) is 9.78 Å². The first-order valence-electron chi connectivity index (χ1n) is 5.51. The summed E-state index contributed by atoms with van der Waals surface area (Å²) in [7, 11) is 1.92. The average molecular weight is 242 g/mol. The van der Waals surface area contributed by atoms with E-state index in [-0.39, 0.29) is 11.5 Å². The van der Waals surface area contributed by atoms with Gasteiger partial charge in [0.05, 0.1) is 16.8 Å². The maximum Gasteiger partial charge on any atom is 0.149 e. The molecule has 4 nitrogen and oxygen atoms in total. The van der Waals surface area contributed by atoms with E-state index in [0.717, 1.165) is 29.8 Å². The second kappa shape index (κ2) is 4.45. The molecule has 0 fully saturated rings. The molecule has 0 radical (unpaired) electrons. The minimum absolute atomic E-state index is 0.0124. The fourth-order valence-corrected chi connectivity index (χ4v) is 1.97. The minimum Gasteiger partial charge on any atom is -0.390 e. The van der Waals surface area contributed by atoms with E-state index in [4.69, 9.17) is 16.4 Å². The summed E-state index contributed by atoms with van der Waals surface area (Å²) >= 11 is 6.00. The molecule has 0 aromatic carbocycles. The highest BCUT2D eigenvalue weighted by Gasteiger charge is 2.28. The molecule has 1 aliphatic rings. The second-order valence-corrected chi connectivity index (χ2v) is 4.77. The van der Waals surface area contributed by atoms with E-state index < -0.39 is 0 Å². The highest BCUT2D eigenvalue weighted by Crippen LogP contribution is 2.23. The Labute approximate surface area is 100 Å². The number of hydrogen-bond acceptors (Lipinski definition) is 3. The summed E-state index contributed by atoms with van der Waals surface area (Å²) in [6.07, 6.45) is 3.64. The smallest absolute Gasteiger partial charge is 0.149 e. The fourth-order valence-electron chi connectivity index (χ4n) is 1.84. The van der Waals surface area contributed by atoms with E-state index in [1.807, 2.05) is 24.9 Å². The van der Waals surface area contributed by atoms with Gasteiger partial charge in [0.2, 0.25) is 0 Å². The summed E-state index contributed by atoms with van der Waals surface area (Å²) in [6, 6.07) is 0. The Bertz CT molecular complexity index is 411. The number of rotatable bonds is 3. The second-order valence-electron chi connectivity index (χ2n) is 4.08. The summed E-state index contributed by atoms with van der Waals surface area (Å²) in [5, 5.41) is 8.48. The maximum atomic E-state index is 6.00. The summed E-state index contributed by atoms with van der Waals surface area (Å²) in [5.74, 6) is 0. The lowest BCUT2D eigenvalue weighted by Gasteiger charge is -2.08. The first-order chi connectivity index (χ1) is 7.61. The van der Waals surface area contributed by atoms with Gasteiger partial charge in [-0.3, -0.25) is 4.68 Å². The molecular formula is C11H16ClN3O. The summed E-state index contributed by atoms with van der Waals surface area (Å²) < 4.78 is 1.81. The average Bonchev–Trinajstić information content (AvgIpc) is 2.82. The molecule has 2 atom stereocenters. The van der Waals surface area contributed by atoms with Gasteiger partial charge in [-0.05, 0) is 13.3 Å². The Morgan fingerprint density at radius 3 is 3.00 bits per heavy atom. The van der Waals surface area contributed by atoms with Crippen LogP contribution in [0.15, 0.2) is 11.4 Å². The molecule has 0 N–H and O–H groups in total. The van der Waals surface area contributed by atoms with Crippen molar-refractivity contribution in [2.75, 3.05) is 0 Å². The van der Waals surface area contributed by atoms with Gasteiger partial charge in [0.1, 0.15) is 6.10 Å². The third kappa shape index (κ3) is 2.07. The van der Waals surface area contributed by atoms with Crippen molar-refractivity contribution in [3.8, 4) is 0 Å². The number of aromatic nitrogens is 2. The summed E-state index contributed by atoms with van der Waals surface area (Å²) in [5.41, 5.74) is 3.11. The number of halogens is 1. The first kappa shape index (κ1) is 11.5. The molecule has 0 saturated heterocycles. The zero-order chi connectivity index (χ0) is 11.7. The Balaban J connectivity index is 2.20. The maximum absolute atomic E-state index is 6.00. The van der Waals surface area contributed by atoms with Gasteiger partial charge < -0.3 is 4.84 Å². The van der Waals surface area contributed by atoms with Crippen LogP contribution in [-0.4, -0.2) is 27.0 Å². The van der Waals surface area contributed by atoms with Crippen LogP contribution in [0.1, 0.15) is 31.5 Å². The van der Waals surface area contributed by atoms with Crippen molar-refractivity contribution < 1.29 is 4.84 Å². The molecule has 0 aliphatic carbocycles. The molecule has 0 amide bonds. The third-order valence-corrected chi connectivity index (χ3v) is 3.04. The molecule has 0 spiro atoms. The number of hydrogen-bond donors (Lipinski definition) is 0. The van der Waals surface area contributed by atoms with Crippen molar-refractivity contribution in [2.45, 2.75) is 38.2 Å². The Morgan fingerprint density at radius 1 is 1.69 bits per heavy atom. The van der Waals surface area contributed by atoms with Crippen molar-refractivity contribution in [3.05, 3.63) is 17.5 Å². The number of alkyl halides is 1. The molecule has 0 saturated carbocycles. The van der Waals surface area contributed by atoms with Crippen LogP contribution in [0, 0.1) is 0 Å². The molecule has 2 heterocycles. The van der Waals surface area contributed by atoms with Crippen LogP contribution in [0.25, 0.3) is 0 Å². The molecule has 1 aromatic heterocycles. The fraction of sp³-hybridized carbons (Fsp3) is 0.636. The van der Waals surface area contributed by atoms with Gasteiger partial charge in [-0.15, -0.1) is 11.6 Å². The highest BCUT2D eigenvalue weighted by atomic mass is 35.5. The van der Waals surface area contributed by atoms with Crippen molar-refractivity contribution in [1.29, 1.82) is 0 Å². The van der Waals surface area contributed by atoms with Crippen LogP contribution in [-0.2, 0) is 18.3 Å². The Hall–Kier alpha value is -1.03. The highest BCUT2D eigenvalue weighted by molar-refractivity contribution is 6.21. The normalized spacial score (nSPS) is 21.8. The largest absolute Gasteiger partial charge is 0.390 e. The minimum atomic E-state index is -0.0250. The standard InChI is InChI=1S/C11H16ClN3O/c1-4-9-8(6-15(3)13-9)10-5-11(7(2)12)16-14-10/h6-7,11H,4-5H2,1-3H3. The van der Waals surface area contributed by atoms with Gasteiger partial charge in [0, 0.05) is 25.2 Å². The van der Waals surface area contributed by atoms with Crippen LogP contribution < -0.4 is 0 Å². The van der Waals surface area contributed by atoms with E-state index in [1.54, 1.807) is 0 Å². The van der Waals surface area contributed by atoms with Crippen molar-refractivity contribution >= 4 is 17.3 Å². The van der Waals surface area contributed by atoms with Gasteiger partial charge in [0.25, 0.3) is 0 Å². The summed E-state index contributed by atoms with van der Waals surface area (Å²) in [4.78, 5) is 5.31. The first-order valence-corrected chi connectivity index (χ1v) is 5.95. The van der Waals surface area contributed by atoms with Gasteiger partial charge in [0.15, 0.2) is 0 Å². The lowest BCUT2D eigenvalue weighted by Crippen LogP contribution is -2.18. The number of oxime groups is 1. The predicted molar refractivity (Wildman–Crippen MR) is 63.9 cm³/mol. The zero-order valence-corrected chi connectivity index (χ0v) is 10.5. The van der Waals surface area contributed by atoms with Crippen LogP contribution >= 0.6 is 11.6 Å². The molecule has 0 bridgehead atoms. The van der Waals surface area contributed by atoms with E-state index in [2.05, 4.69) is 17.2 Å². The van der Waals surface area contributed by atoms with E-state index in [1.165, 1.54) is 0 Å². The lowest BCUT2D eigenvalue weighted by molar-refractivity contribution is 0.0855. The van der Waals surface area contributed by atoms with Crippen LogP contribution in [0.5, 0.6) is 0 Å². The molecular weight excluding hydrogens is 226 g/mol. The van der Waals surface area contributed by atoms with Gasteiger partial charge in [-0.1, -0.05) is 12.1 Å². The monoisotopic (exact) mass is 241 g/mol. The van der Waals surface area contributed by atoms with Crippen LogP contribution in [0.2, 0.25) is 0 Å². The van der Waals surface area contributed by atoms with Crippen molar-refractivity contribution in [3.63, 3.8) is 0 Å². The molecule has 16 heavy (non-hydrogen) atoms. The van der Waals surface area contributed by atoms with Crippen LogP contribution in [0.4, 0.5) is 0 Å². The molecule has 2 rings (SSSR count). The molecule has 88 valence electrons. The van der Waals surface area contributed by atoms with Gasteiger partial charge >= 0.3 is 0 Å². The van der Waals surface area contributed by atoms with E-state index >= 15 is 0 Å². The molecule has 1 aromatic rings. The Kier molecular flexibility index (Phi) is 3.19. The third-order valence-electron chi connectivity index (χ3n) is 2.76. The van der Waals surface area contributed by atoms with Gasteiger partial charge in [-0.2, -0.15) is 5.10 Å². The number of nitrogens with zero attached hydrogens (tertiary/aromatic N) is 3. The van der Waals surface area contributed by atoms with Gasteiger partial charge in [-0.25, -0.2) is 0 Å². The van der Waals surface area contributed by atoms with E-state index in [0.29, 0.717) is 0 Å². The molecule has 5 heteroatoms. The summed E-state index contributed by atoms with van der Waals surface area (Å²) in [6.45, 7) is 4.01. The van der Waals surface area contributed by atoms with Crippen LogP contribution in [0.3, 0.4) is 0 Å². The quantitative estimate of drug-likeness (QED) is 0.761.